The molecule has 4 nitrogen and oxygen atoms in total. The van der Waals surface area contributed by atoms with Crippen LogP contribution in [0, 0.1) is 0 Å². The van der Waals surface area contributed by atoms with Gasteiger partial charge in [0.15, 0.2) is 6.10 Å². The molecule has 2 unspecified atom stereocenters. The van der Waals surface area contributed by atoms with Gasteiger partial charge in [0.2, 0.25) is 0 Å². The average Bonchev–Trinajstić information content (AvgIpc) is 2.16. The second kappa shape index (κ2) is 5.92. The van der Waals surface area contributed by atoms with Crippen LogP contribution in [0.2, 0.25) is 0 Å². The number of hydrogen-bond donors (Lipinski definition) is 1. The van der Waals surface area contributed by atoms with Crippen molar-refractivity contribution in [2.24, 2.45) is 0 Å². The summed E-state index contributed by atoms with van der Waals surface area (Å²) < 4.78 is 44.9. The zero-order chi connectivity index (χ0) is 12.1. The van der Waals surface area contributed by atoms with E-state index >= 15 is 0 Å². The van der Waals surface area contributed by atoms with Gasteiger partial charge in [-0.2, -0.15) is 13.2 Å². The number of nitrogens with one attached hydrogen (secondary N) is 1. The highest BCUT2D eigenvalue weighted by atomic mass is 19.4. The van der Waals surface area contributed by atoms with Crippen molar-refractivity contribution in [1.29, 1.82) is 0 Å². The molecule has 15 heavy (non-hydrogen) atoms. The van der Waals surface area contributed by atoms with Crippen molar-refractivity contribution in [3.8, 4) is 0 Å². The molecule has 0 aliphatic rings. The zero-order valence-electron chi connectivity index (χ0n) is 8.72. The molecule has 0 aromatic heterocycles. The van der Waals surface area contributed by atoms with Crippen LogP contribution in [-0.2, 0) is 14.3 Å². The standard InChI is InChI=1S/C8H14F3NO3/c1-5(8(9,10)11)15-4-6(12-2)7(13)14-3/h5-6,12H,4H2,1-3H3. The first-order valence-corrected chi connectivity index (χ1v) is 4.26. The molecule has 0 aliphatic carbocycles. The molecule has 7 heteroatoms. The molecule has 0 rings (SSSR count). The summed E-state index contributed by atoms with van der Waals surface area (Å²) in [5, 5.41) is 2.49. The van der Waals surface area contributed by atoms with Crippen molar-refractivity contribution in [3.05, 3.63) is 0 Å². The molecule has 0 saturated carbocycles. The van der Waals surface area contributed by atoms with Gasteiger partial charge in [-0.05, 0) is 14.0 Å². The van der Waals surface area contributed by atoms with Gasteiger partial charge in [0.05, 0.1) is 13.7 Å². The van der Waals surface area contributed by atoms with Crippen molar-refractivity contribution < 1.29 is 27.4 Å². The summed E-state index contributed by atoms with van der Waals surface area (Å²) in [7, 11) is 2.59. The first kappa shape index (κ1) is 14.2. The predicted octanol–water partition coefficient (Wildman–Crippen LogP) is 0.715. The fraction of sp³-hybridized carbons (Fsp3) is 0.875. The van der Waals surface area contributed by atoms with E-state index in [-0.39, 0.29) is 6.61 Å². The molecule has 0 bridgehead atoms. The molecule has 0 aromatic carbocycles. The number of esters is 1. The van der Waals surface area contributed by atoms with E-state index in [1.54, 1.807) is 0 Å². The average molecular weight is 229 g/mol. The summed E-state index contributed by atoms with van der Waals surface area (Å²) in [6.07, 6.45) is -6.33. The summed E-state index contributed by atoms with van der Waals surface area (Å²) >= 11 is 0. The summed E-state index contributed by atoms with van der Waals surface area (Å²) in [5.74, 6) is -0.660. The Balaban J connectivity index is 4.07. The SMILES string of the molecule is CNC(COC(C)C(F)(F)F)C(=O)OC. The van der Waals surface area contributed by atoms with Crippen molar-refractivity contribution >= 4 is 5.97 Å². The van der Waals surface area contributed by atoms with Gasteiger partial charge in [0, 0.05) is 0 Å². The highest BCUT2D eigenvalue weighted by Gasteiger charge is 2.37. The third-order valence-electron chi connectivity index (χ3n) is 1.81. The summed E-state index contributed by atoms with van der Waals surface area (Å²) in [6.45, 7) is 0.494. The highest BCUT2D eigenvalue weighted by Crippen LogP contribution is 2.22. The van der Waals surface area contributed by atoms with E-state index in [4.69, 9.17) is 0 Å². The maximum absolute atomic E-state index is 12.0. The van der Waals surface area contributed by atoms with Crippen molar-refractivity contribution in [2.75, 3.05) is 20.8 Å². The Hall–Kier alpha value is -0.820. The van der Waals surface area contributed by atoms with Gasteiger partial charge in [-0.25, -0.2) is 0 Å². The molecule has 0 fully saturated rings. The van der Waals surface area contributed by atoms with E-state index in [0.717, 1.165) is 14.0 Å². The van der Waals surface area contributed by atoms with Crippen molar-refractivity contribution in [2.45, 2.75) is 25.2 Å². The molecule has 0 amide bonds. The Morgan fingerprint density at radius 1 is 1.47 bits per heavy atom. The monoisotopic (exact) mass is 229 g/mol. The van der Waals surface area contributed by atoms with E-state index < -0.39 is 24.3 Å². The van der Waals surface area contributed by atoms with Gasteiger partial charge in [-0.15, -0.1) is 0 Å². The molecule has 0 radical (unpaired) electrons. The lowest BCUT2D eigenvalue weighted by Gasteiger charge is -2.19. The van der Waals surface area contributed by atoms with Crippen LogP contribution in [0.4, 0.5) is 13.2 Å². The molecule has 0 saturated heterocycles. The Morgan fingerprint density at radius 2 is 2.00 bits per heavy atom. The van der Waals surface area contributed by atoms with Crippen LogP contribution in [0.5, 0.6) is 0 Å². The topological polar surface area (TPSA) is 47.6 Å². The van der Waals surface area contributed by atoms with Crippen LogP contribution in [0.25, 0.3) is 0 Å². The van der Waals surface area contributed by atoms with Crippen LogP contribution in [0.15, 0.2) is 0 Å². The van der Waals surface area contributed by atoms with Crippen LogP contribution in [0.1, 0.15) is 6.92 Å². The van der Waals surface area contributed by atoms with Gasteiger partial charge in [0.1, 0.15) is 6.04 Å². The molecular weight excluding hydrogens is 215 g/mol. The largest absolute Gasteiger partial charge is 0.468 e. The minimum absolute atomic E-state index is 0.385. The quantitative estimate of drug-likeness (QED) is 0.705. The Labute approximate surface area is 85.7 Å². The van der Waals surface area contributed by atoms with Crippen LogP contribution in [-0.4, -0.2) is 45.1 Å². The van der Waals surface area contributed by atoms with Gasteiger partial charge < -0.3 is 14.8 Å². The van der Waals surface area contributed by atoms with E-state index in [1.165, 1.54) is 7.05 Å². The molecule has 2 atom stereocenters. The fourth-order valence-corrected chi connectivity index (χ4v) is 0.747. The number of halogens is 3. The minimum Gasteiger partial charge on any atom is -0.468 e. The van der Waals surface area contributed by atoms with Gasteiger partial charge in [-0.1, -0.05) is 0 Å². The number of methoxy groups -OCH3 is 1. The second-order valence-electron chi connectivity index (χ2n) is 2.88. The Bertz CT molecular complexity index is 208. The normalized spacial score (nSPS) is 15.9. The molecule has 0 spiro atoms. The highest BCUT2D eigenvalue weighted by molar-refractivity contribution is 5.75. The smallest absolute Gasteiger partial charge is 0.414 e. The number of alkyl halides is 3. The molecule has 0 aromatic rings. The summed E-state index contributed by atoms with van der Waals surface area (Å²) in [6, 6.07) is -0.889. The maximum Gasteiger partial charge on any atom is 0.414 e. The number of rotatable bonds is 5. The third kappa shape index (κ3) is 4.98. The lowest BCUT2D eigenvalue weighted by atomic mass is 10.3. The minimum atomic E-state index is -4.42. The summed E-state index contributed by atoms with van der Waals surface area (Å²) in [4.78, 5) is 11.0. The molecule has 1 N–H and O–H groups in total. The Kier molecular flexibility index (Phi) is 5.59. The first-order chi connectivity index (χ1) is 6.82. The number of ether oxygens (including phenoxy) is 2. The van der Waals surface area contributed by atoms with Crippen LogP contribution in [0.3, 0.4) is 0 Å². The second-order valence-corrected chi connectivity index (χ2v) is 2.88. The Morgan fingerprint density at radius 3 is 2.33 bits per heavy atom. The lowest BCUT2D eigenvalue weighted by molar-refractivity contribution is -0.216. The van der Waals surface area contributed by atoms with Gasteiger partial charge >= 0.3 is 12.1 Å². The maximum atomic E-state index is 12.0. The molecule has 0 heterocycles. The number of carbonyl (C=O) groups excluding carboxylic acids is 1. The fourth-order valence-electron chi connectivity index (χ4n) is 0.747. The number of likely N-dealkylation sites (N-methyl/N-ethyl adjacent to an activating group) is 1. The van der Waals surface area contributed by atoms with E-state index in [1.807, 2.05) is 0 Å². The molecule has 90 valence electrons. The van der Waals surface area contributed by atoms with Crippen LogP contribution < -0.4 is 5.32 Å². The summed E-state index contributed by atoms with van der Waals surface area (Å²) in [5.41, 5.74) is 0. The number of carbonyl (C=O) groups is 1. The zero-order valence-corrected chi connectivity index (χ0v) is 8.72. The lowest BCUT2D eigenvalue weighted by Crippen LogP contribution is -2.41. The first-order valence-electron chi connectivity index (χ1n) is 4.26. The van der Waals surface area contributed by atoms with Gasteiger partial charge in [-0.3, -0.25) is 4.79 Å². The molecular formula is C8H14F3NO3. The van der Waals surface area contributed by atoms with E-state index in [9.17, 15) is 18.0 Å². The predicted molar refractivity (Wildman–Crippen MR) is 46.3 cm³/mol. The van der Waals surface area contributed by atoms with E-state index in [2.05, 4.69) is 14.8 Å². The van der Waals surface area contributed by atoms with Crippen LogP contribution >= 0.6 is 0 Å². The van der Waals surface area contributed by atoms with Crippen molar-refractivity contribution in [3.63, 3.8) is 0 Å². The van der Waals surface area contributed by atoms with E-state index in [0.29, 0.717) is 0 Å². The van der Waals surface area contributed by atoms with Gasteiger partial charge in [0.25, 0.3) is 0 Å². The molecule has 0 aliphatic heterocycles. The third-order valence-corrected chi connectivity index (χ3v) is 1.81. The number of hydrogen-bond acceptors (Lipinski definition) is 4. The van der Waals surface area contributed by atoms with Crippen molar-refractivity contribution in [1.82, 2.24) is 5.32 Å².